The zero-order valence-corrected chi connectivity index (χ0v) is 14.2. The van der Waals surface area contributed by atoms with Crippen LogP contribution in [-0.4, -0.2) is 29.6 Å². The van der Waals surface area contributed by atoms with Crippen molar-refractivity contribution < 1.29 is 27.5 Å². The highest BCUT2D eigenvalue weighted by atomic mass is 19.4. The molecule has 1 saturated heterocycles. The number of alkyl halides is 3. The topological polar surface area (TPSA) is 58.6 Å². The number of hydrogen-bond donors (Lipinski definition) is 1. The number of hydrogen-bond acceptors (Lipinski definition) is 3. The molecule has 0 saturated carbocycles. The lowest BCUT2D eigenvalue weighted by Crippen LogP contribution is -2.28. The number of nitrogens with zero attached hydrogens (tertiary/aromatic N) is 1. The largest absolute Gasteiger partial charge is 0.573 e. The minimum Gasteiger partial charge on any atom is -0.406 e. The maximum atomic E-state index is 12.4. The van der Waals surface area contributed by atoms with Gasteiger partial charge in [-0.3, -0.25) is 9.59 Å². The van der Waals surface area contributed by atoms with E-state index in [1.807, 2.05) is 30.3 Å². The number of carbonyl (C=O) groups is 2. The molecule has 0 spiro atoms. The molecule has 1 aliphatic rings. The van der Waals surface area contributed by atoms with Gasteiger partial charge in [-0.25, -0.2) is 0 Å². The first-order chi connectivity index (χ1) is 12.8. The monoisotopic (exact) mass is 378 g/mol. The van der Waals surface area contributed by atoms with Crippen molar-refractivity contribution in [3.8, 4) is 5.75 Å². The summed E-state index contributed by atoms with van der Waals surface area (Å²) in [7, 11) is 0. The maximum absolute atomic E-state index is 12.4. The smallest absolute Gasteiger partial charge is 0.406 e. The van der Waals surface area contributed by atoms with E-state index in [1.165, 1.54) is 12.1 Å². The molecule has 5 nitrogen and oxygen atoms in total. The lowest BCUT2D eigenvalue weighted by atomic mass is 10.1. The third-order valence-electron chi connectivity index (χ3n) is 4.16. The van der Waals surface area contributed by atoms with Crippen LogP contribution in [0.4, 0.5) is 18.9 Å². The van der Waals surface area contributed by atoms with Gasteiger partial charge in [0.25, 0.3) is 0 Å². The van der Waals surface area contributed by atoms with E-state index in [9.17, 15) is 22.8 Å². The van der Waals surface area contributed by atoms with E-state index in [0.717, 1.165) is 17.7 Å². The van der Waals surface area contributed by atoms with E-state index < -0.39 is 12.3 Å². The lowest BCUT2D eigenvalue weighted by molar-refractivity contribution is -0.274. The second kappa shape index (κ2) is 7.69. The number of rotatable bonds is 5. The fraction of sp³-hybridized carbons (Fsp3) is 0.263. The van der Waals surface area contributed by atoms with Gasteiger partial charge in [0.1, 0.15) is 5.75 Å². The number of likely N-dealkylation sites (tertiary alicyclic amines) is 1. The molecule has 1 aliphatic heterocycles. The summed E-state index contributed by atoms with van der Waals surface area (Å²) >= 11 is 0. The molecule has 1 N–H and O–H groups in total. The number of halogens is 3. The molecule has 1 unspecified atom stereocenters. The van der Waals surface area contributed by atoms with Crippen LogP contribution >= 0.6 is 0 Å². The molecule has 0 aliphatic carbocycles. The van der Waals surface area contributed by atoms with Gasteiger partial charge in [0.2, 0.25) is 11.8 Å². The maximum Gasteiger partial charge on any atom is 0.573 e. The van der Waals surface area contributed by atoms with Crippen molar-refractivity contribution in [2.75, 3.05) is 11.9 Å². The fourth-order valence-corrected chi connectivity index (χ4v) is 2.89. The number of amides is 2. The van der Waals surface area contributed by atoms with Crippen molar-refractivity contribution in [2.45, 2.75) is 19.3 Å². The third kappa shape index (κ3) is 5.22. The number of anilines is 1. The van der Waals surface area contributed by atoms with E-state index in [4.69, 9.17) is 0 Å². The van der Waals surface area contributed by atoms with Crippen LogP contribution in [0.5, 0.6) is 5.75 Å². The summed E-state index contributed by atoms with van der Waals surface area (Å²) < 4.78 is 40.3. The molecule has 142 valence electrons. The molecule has 1 fully saturated rings. The molecule has 1 heterocycles. The Morgan fingerprint density at radius 3 is 2.41 bits per heavy atom. The summed E-state index contributed by atoms with van der Waals surface area (Å²) in [4.78, 5) is 26.1. The van der Waals surface area contributed by atoms with E-state index in [-0.39, 0.29) is 24.0 Å². The molecule has 1 atom stereocenters. The zero-order chi connectivity index (χ0) is 19.4. The molecule has 0 radical (unpaired) electrons. The molecule has 27 heavy (non-hydrogen) atoms. The Balaban J connectivity index is 1.56. The van der Waals surface area contributed by atoms with Crippen molar-refractivity contribution in [3.05, 3.63) is 60.2 Å². The average molecular weight is 378 g/mol. The highest BCUT2D eigenvalue weighted by Crippen LogP contribution is 2.25. The van der Waals surface area contributed by atoms with Gasteiger partial charge in [-0.05, 0) is 29.8 Å². The Morgan fingerprint density at radius 2 is 1.78 bits per heavy atom. The lowest BCUT2D eigenvalue weighted by Gasteiger charge is -2.16. The van der Waals surface area contributed by atoms with Gasteiger partial charge < -0.3 is 15.0 Å². The van der Waals surface area contributed by atoms with Gasteiger partial charge in [0.05, 0.1) is 5.92 Å². The van der Waals surface area contributed by atoms with Gasteiger partial charge in [-0.15, -0.1) is 13.2 Å². The van der Waals surface area contributed by atoms with E-state index in [0.29, 0.717) is 18.8 Å². The molecule has 8 heteroatoms. The highest BCUT2D eigenvalue weighted by molar-refractivity contribution is 5.97. The summed E-state index contributed by atoms with van der Waals surface area (Å²) in [6.07, 6.45) is -4.66. The first-order valence-electron chi connectivity index (χ1n) is 8.28. The van der Waals surface area contributed by atoms with Crippen LogP contribution in [0, 0.1) is 5.92 Å². The Bertz CT molecular complexity index is 807. The number of carbonyl (C=O) groups excluding carboxylic acids is 2. The molecular formula is C19H17F3N2O3. The number of benzene rings is 2. The highest BCUT2D eigenvalue weighted by Gasteiger charge is 2.34. The van der Waals surface area contributed by atoms with Crippen LogP contribution in [0.2, 0.25) is 0 Å². The molecule has 3 rings (SSSR count). The molecule has 2 aromatic carbocycles. The minimum atomic E-state index is -4.77. The zero-order valence-electron chi connectivity index (χ0n) is 14.2. The Labute approximate surface area is 153 Å². The first kappa shape index (κ1) is 18.8. The van der Waals surface area contributed by atoms with Gasteiger partial charge in [-0.2, -0.15) is 0 Å². The summed E-state index contributed by atoms with van der Waals surface area (Å²) in [5, 5.41) is 2.62. The predicted molar refractivity (Wildman–Crippen MR) is 91.7 cm³/mol. The van der Waals surface area contributed by atoms with Gasteiger partial charge >= 0.3 is 6.36 Å². The summed E-state index contributed by atoms with van der Waals surface area (Å²) in [5.41, 5.74) is 1.32. The van der Waals surface area contributed by atoms with E-state index >= 15 is 0 Å². The van der Waals surface area contributed by atoms with E-state index in [1.54, 1.807) is 4.90 Å². The van der Waals surface area contributed by atoms with Gasteiger partial charge in [-0.1, -0.05) is 30.3 Å². The Kier molecular flexibility index (Phi) is 5.34. The predicted octanol–water partition coefficient (Wildman–Crippen LogP) is 3.57. The van der Waals surface area contributed by atoms with Crippen LogP contribution in [-0.2, 0) is 16.1 Å². The van der Waals surface area contributed by atoms with Crippen molar-refractivity contribution in [3.63, 3.8) is 0 Å². The number of nitrogens with one attached hydrogen (secondary N) is 1. The van der Waals surface area contributed by atoms with Crippen LogP contribution in [0.1, 0.15) is 12.0 Å². The Hall–Kier alpha value is -3.03. The molecule has 0 aromatic heterocycles. The van der Waals surface area contributed by atoms with Crippen molar-refractivity contribution in [1.29, 1.82) is 0 Å². The van der Waals surface area contributed by atoms with Crippen LogP contribution in [0.3, 0.4) is 0 Å². The molecule has 2 amide bonds. The van der Waals surface area contributed by atoms with Gasteiger partial charge in [0.15, 0.2) is 0 Å². The van der Waals surface area contributed by atoms with E-state index in [2.05, 4.69) is 10.1 Å². The van der Waals surface area contributed by atoms with Crippen LogP contribution in [0.15, 0.2) is 54.6 Å². The van der Waals surface area contributed by atoms with Crippen molar-refractivity contribution in [1.82, 2.24) is 4.90 Å². The molecular weight excluding hydrogens is 361 g/mol. The first-order valence-corrected chi connectivity index (χ1v) is 8.28. The summed E-state index contributed by atoms with van der Waals surface area (Å²) in [6.45, 7) is 0.738. The summed E-state index contributed by atoms with van der Waals surface area (Å²) in [5.74, 6) is -1.32. The normalized spacial score (nSPS) is 17.1. The number of ether oxygens (including phenoxy) is 1. The quantitative estimate of drug-likeness (QED) is 0.865. The molecule has 2 aromatic rings. The van der Waals surface area contributed by atoms with Crippen LogP contribution < -0.4 is 10.1 Å². The average Bonchev–Trinajstić information content (AvgIpc) is 2.97. The molecule has 0 bridgehead atoms. The second-order valence-electron chi connectivity index (χ2n) is 6.22. The van der Waals surface area contributed by atoms with Crippen molar-refractivity contribution >= 4 is 17.5 Å². The third-order valence-corrected chi connectivity index (χ3v) is 4.16. The van der Waals surface area contributed by atoms with Crippen LogP contribution in [0.25, 0.3) is 0 Å². The standard InChI is InChI=1S/C19H17F3N2O3/c20-19(21,22)27-16-8-6-15(7-9-16)23-18(26)14-10-17(25)24(12-14)11-13-4-2-1-3-5-13/h1-9,14H,10-12H2,(H,23,26). The summed E-state index contributed by atoms with van der Waals surface area (Å²) in [6, 6.07) is 14.3. The SMILES string of the molecule is O=C(Nc1ccc(OC(F)(F)F)cc1)C1CC(=O)N(Cc2ccccc2)C1. The van der Waals surface area contributed by atoms with Crippen molar-refractivity contribution in [2.24, 2.45) is 5.92 Å². The minimum absolute atomic E-state index is 0.104. The van der Waals surface area contributed by atoms with Gasteiger partial charge in [0, 0.05) is 25.2 Å². The Morgan fingerprint density at radius 1 is 1.11 bits per heavy atom. The fourth-order valence-electron chi connectivity index (χ4n) is 2.89. The second-order valence-corrected chi connectivity index (χ2v) is 6.22.